The van der Waals surface area contributed by atoms with E-state index in [1.807, 2.05) is 0 Å². The van der Waals surface area contributed by atoms with Gasteiger partial charge in [-0.25, -0.2) is 9.97 Å². The van der Waals surface area contributed by atoms with Gasteiger partial charge in [-0.15, -0.1) is 11.3 Å². The van der Waals surface area contributed by atoms with Crippen molar-refractivity contribution in [3.63, 3.8) is 0 Å². The number of aromatic nitrogens is 4. The fraction of sp³-hybridized carbons (Fsp3) is 0. The molecule has 0 radical (unpaired) electrons. The van der Waals surface area contributed by atoms with E-state index in [1.54, 1.807) is 11.3 Å². The molecule has 0 aliphatic heterocycles. The Hall–Kier alpha value is -7.86. The van der Waals surface area contributed by atoms with Gasteiger partial charge in [0.15, 0.2) is 5.82 Å². The van der Waals surface area contributed by atoms with Crippen molar-refractivity contribution in [2.75, 3.05) is 0 Å². The molecule has 0 N–H and O–H groups in total. The van der Waals surface area contributed by atoms with Crippen LogP contribution in [0.1, 0.15) is 0 Å². The molecule has 4 aromatic heterocycles. The first kappa shape index (κ1) is 33.0. The molecule has 4 nitrogen and oxygen atoms in total. The van der Waals surface area contributed by atoms with Gasteiger partial charge >= 0.3 is 0 Å². The van der Waals surface area contributed by atoms with Gasteiger partial charge in [-0.05, 0) is 92.0 Å². The highest BCUT2D eigenvalue weighted by Crippen LogP contribution is 2.48. The van der Waals surface area contributed by atoms with Gasteiger partial charge < -0.3 is 4.57 Å². The lowest BCUT2D eigenvalue weighted by molar-refractivity contribution is 1.09. The van der Waals surface area contributed by atoms with Crippen molar-refractivity contribution in [3.8, 4) is 33.9 Å². The van der Waals surface area contributed by atoms with E-state index >= 15 is 0 Å². The first-order valence-electron chi connectivity index (χ1n) is 20.7. The van der Waals surface area contributed by atoms with E-state index in [4.69, 9.17) is 9.97 Å². The zero-order chi connectivity index (χ0) is 39.8. The van der Waals surface area contributed by atoms with Crippen molar-refractivity contribution < 1.29 is 0 Å². The van der Waals surface area contributed by atoms with Crippen LogP contribution in [0.3, 0.4) is 0 Å². The van der Waals surface area contributed by atoms with Crippen molar-refractivity contribution in [2.24, 2.45) is 0 Å². The SMILES string of the molecule is c1ccc(-c2ccc(-n3c4cccc5c6ccccc6c6cccc7c6c6c(c54)c3ccc6n7-c3nc4sc5ccccc5c4nc3-c3ccc4ccccc4c3)cc2)cc1. The van der Waals surface area contributed by atoms with E-state index in [0.717, 1.165) is 49.5 Å². The van der Waals surface area contributed by atoms with Crippen LogP contribution in [-0.2, 0) is 0 Å². The fourth-order valence-corrected chi connectivity index (χ4v) is 11.3. The molecular weight excluding hydrogens is 761 g/mol. The Morgan fingerprint density at radius 2 is 0.918 bits per heavy atom. The fourth-order valence-electron chi connectivity index (χ4n) is 10.2. The number of benzene rings is 9. The van der Waals surface area contributed by atoms with Crippen LogP contribution in [0.2, 0.25) is 0 Å². The van der Waals surface area contributed by atoms with Gasteiger partial charge in [0, 0.05) is 42.9 Å². The second-order valence-electron chi connectivity index (χ2n) is 16.1. The summed E-state index contributed by atoms with van der Waals surface area (Å²) in [7, 11) is 0. The minimum Gasteiger partial charge on any atom is -0.309 e. The summed E-state index contributed by atoms with van der Waals surface area (Å²) in [4.78, 5) is 12.2. The second kappa shape index (κ2) is 12.3. The monoisotopic (exact) mass is 792 g/mol. The van der Waals surface area contributed by atoms with Gasteiger partial charge in [-0.3, -0.25) is 4.57 Å². The molecule has 4 heterocycles. The summed E-state index contributed by atoms with van der Waals surface area (Å²) in [6.07, 6.45) is 0. The van der Waals surface area contributed by atoms with E-state index in [9.17, 15) is 0 Å². The van der Waals surface area contributed by atoms with Crippen molar-refractivity contribution in [3.05, 3.63) is 194 Å². The largest absolute Gasteiger partial charge is 0.309 e. The number of thiophene rings is 1. The average Bonchev–Trinajstić information content (AvgIpc) is 3.98. The second-order valence-corrected chi connectivity index (χ2v) is 17.1. The van der Waals surface area contributed by atoms with E-state index in [-0.39, 0.29) is 0 Å². The quantitative estimate of drug-likeness (QED) is 0.178. The van der Waals surface area contributed by atoms with Crippen LogP contribution in [0.5, 0.6) is 0 Å². The summed E-state index contributed by atoms with van der Waals surface area (Å²) in [5, 5.41) is 13.4. The molecule has 0 amide bonds. The molecule has 282 valence electrons. The predicted octanol–water partition coefficient (Wildman–Crippen LogP) is 15.3. The summed E-state index contributed by atoms with van der Waals surface area (Å²) >= 11 is 1.71. The van der Waals surface area contributed by atoms with Crippen LogP contribution in [0.25, 0.3) is 130 Å². The Morgan fingerprint density at radius 1 is 0.361 bits per heavy atom. The molecule has 0 atom stereocenters. The molecule has 61 heavy (non-hydrogen) atoms. The molecule has 5 heteroatoms. The third-order valence-electron chi connectivity index (χ3n) is 12.9. The normalized spacial score (nSPS) is 12.3. The summed E-state index contributed by atoms with van der Waals surface area (Å²) in [5.41, 5.74) is 11.0. The number of fused-ring (bicyclic) bond motifs is 7. The van der Waals surface area contributed by atoms with Gasteiger partial charge in [0.05, 0.1) is 22.1 Å². The number of hydrogen-bond donors (Lipinski definition) is 0. The first-order chi connectivity index (χ1) is 30.3. The van der Waals surface area contributed by atoms with Crippen molar-refractivity contribution in [2.45, 2.75) is 0 Å². The van der Waals surface area contributed by atoms with Crippen LogP contribution in [0.15, 0.2) is 194 Å². The minimum atomic E-state index is 0.832. The maximum Gasteiger partial charge on any atom is 0.166 e. The molecule has 0 bridgehead atoms. The molecule has 14 aromatic rings. The number of nitrogens with zero attached hydrogens (tertiary/aromatic N) is 4. The lowest BCUT2D eigenvalue weighted by atomic mass is 9.95. The van der Waals surface area contributed by atoms with Gasteiger partial charge in [0.2, 0.25) is 0 Å². The molecule has 0 saturated carbocycles. The van der Waals surface area contributed by atoms with Crippen molar-refractivity contribution in [1.29, 1.82) is 0 Å². The maximum absolute atomic E-state index is 5.67. The zero-order valence-electron chi connectivity index (χ0n) is 32.7. The van der Waals surface area contributed by atoms with Crippen LogP contribution in [0, 0.1) is 0 Å². The molecule has 0 fully saturated rings. The van der Waals surface area contributed by atoms with E-state index in [2.05, 4.69) is 203 Å². The lowest BCUT2D eigenvalue weighted by Crippen LogP contribution is -2.03. The number of hydrogen-bond acceptors (Lipinski definition) is 3. The molecule has 0 spiro atoms. The first-order valence-corrected chi connectivity index (χ1v) is 21.6. The third kappa shape index (κ3) is 4.58. The van der Waals surface area contributed by atoms with Gasteiger partial charge in [-0.1, -0.05) is 146 Å². The van der Waals surface area contributed by atoms with Crippen LogP contribution in [-0.4, -0.2) is 19.1 Å². The van der Waals surface area contributed by atoms with Crippen LogP contribution < -0.4 is 0 Å². The Kier molecular flexibility index (Phi) is 6.68. The molecule has 0 unspecified atom stereocenters. The van der Waals surface area contributed by atoms with Gasteiger partial charge in [0.25, 0.3) is 0 Å². The highest BCUT2D eigenvalue weighted by Gasteiger charge is 2.27. The van der Waals surface area contributed by atoms with Gasteiger partial charge in [-0.2, -0.15) is 0 Å². The van der Waals surface area contributed by atoms with E-state index < -0.39 is 0 Å². The van der Waals surface area contributed by atoms with Crippen LogP contribution in [0.4, 0.5) is 0 Å². The van der Waals surface area contributed by atoms with E-state index in [1.165, 1.54) is 80.7 Å². The van der Waals surface area contributed by atoms with Crippen molar-refractivity contribution in [1.82, 2.24) is 19.1 Å². The minimum absolute atomic E-state index is 0.832. The summed E-state index contributed by atoms with van der Waals surface area (Å²) in [6, 6.07) is 70.7. The summed E-state index contributed by atoms with van der Waals surface area (Å²) in [6.45, 7) is 0. The molecular formula is C56H32N4S. The topological polar surface area (TPSA) is 35.6 Å². The smallest absolute Gasteiger partial charge is 0.166 e. The Morgan fingerprint density at radius 3 is 1.66 bits per heavy atom. The highest BCUT2D eigenvalue weighted by atomic mass is 32.1. The van der Waals surface area contributed by atoms with E-state index in [0.29, 0.717) is 0 Å². The Balaban J connectivity index is 1.16. The van der Waals surface area contributed by atoms with Crippen LogP contribution >= 0.6 is 11.3 Å². The standard InChI is InChI=1S/C56H32N4S/c1-2-12-33(13-3-1)35-26-28-38(29-27-35)59-44-21-10-19-41-39-16-6-7-17-40(39)42-20-11-22-45-50(42)52-47(31-30-46(59)51(52)49(41)44)60(45)55-53(37-25-24-34-14-4-5-15-36(34)32-37)57-54-43-18-8-9-23-48(43)61-56(54)58-55/h1-32H. The zero-order valence-corrected chi connectivity index (χ0v) is 33.5. The molecule has 10 aromatic carbocycles. The van der Waals surface area contributed by atoms with Gasteiger partial charge in [0.1, 0.15) is 16.0 Å². The Bertz CT molecular complexity index is 4100. The lowest BCUT2D eigenvalue weighted by Gasteiger charge is -2.13. The number of rotatable bonds is 4. The average molecular weight is 793 g/mol. The molecule has 0 aliphatic carbocycles. The highest BCUT2D eigenvalue weighted by molar-refractivity contribution is 7.25. The predicted molar refractivity (Wildman–Crippen MR) is 258 cm³/mol. The van der Waals surface area contributed by atoms with Crippen molar-refractivity contribution >= 4 is 108 Å². The summed E-state index contributed by atoms with van der Waals surface area (Å²) < 4.78 is 6.06. The third-order valence-corrected chi connectivity index (χ3v) is 13.9. The molecule has 0 aliphatic rings. The molecule has 0 saturated heterocycles. The maximum atomic E-state index is 5.67. The Labute approximate surface area is 353 Å². The molecule has 14 rings (SSSR count). The summed E-state index contributed by atoms with van der Waals surface area (Å²) in [5.74, 6) is 0.832.